The molecule has 0 aromatic carbocycles. The van der Waals surface area contributed by atoms with Crippen LogP contribution in [0.3, 0.4) is 0 Å². The van der Waals surface area contributed by atoms with Crippen LogP contribution in [0.25, 0.3) is 0 Å². The largest absolute Gasteiger partial charge is 0.397 e. The Hall–Kier alpha value is -1.33. The zero-order chi connectivity index (χ0) is 9.68. The molecule has 1 heterocycles. The number of nitrogens with one attached hydrogen (secondary N) is 1. The molecule has 5 N–H and O–H groups in total. The molecule has 1 atom stereocenters. The summed E-state index contributed by atoms with van der Waals surface area (Å²) < 4.78 is 0. The van der Waals surface area contributed by atoms with Crippen molar-refractivity contribution in [2.24, 2.45) is 0 Å². The van der Waals surface area contributed by atoms with Crippen molar-refractivity contribution in [1.82, 2.24) is 4.98 Å². The van der Waals surface area contributed by atoms with Crippen LogP contribution in [0.2, 0.25) is 0 Å². The van der Waals surface area contributed by atoms with E-state index in [1.165, 1.54) is 6.20 Å². The van der Waals surface area contributed by atoms with Crippen LogP contribution in [0.5, 0.6) is 0 Å². The summed E-state index contributed by atoms with van der Waals surface area (Å²) in [5, 5.41) is 20.4. The third-order valence-electron chi connectivity index (χ3n) is 1.52. The van der Waals surface area contributed by atoms with Gasteiger partial charge in [0.1, 0.15) is 5.82 Å². The highest BCUT2D eigenvalue weighted by Gasteiger charge is 2.00. The van der Waals surface area contributed by atoms with Crippen molar-refractivity contribution in [1.29, 1.82) is 0 Å². The van der Waals surface area contributed by atoms with Gasteiger partial charge in [-0.05, 0) is 12.1 Å². The molecule has 0 bridgehead atoms. The molecule has 5 nitrogen and oxygen atoms in total. The second-order valence-electron chi connectivity index (χ2n) is 2.69. The quantitative estimate of drug-likeness (QED) is 0.501. The maximum absolute atomic E-state index is 9.01. The molecule has 0 aliphatic carbocycles. The SMILES string of the molecule is Nc1ccc(NC[C@@H](O)CO)nc1. The second-order valence-corrected chi connectivity index (χ2v) is 2.69. The van der Waals surface area contributed by atoms with Crippen LogP contribution in [-0.2, 0) is 0 Å². The van der Waals surface area contributed by atoms with E-state index < -0.39 is 6.10 Å². The summed E-state index contributed by atoms with van der Waals surface area (Å²) >= 11 is 0. The van der Waals surface area contributed by atoms with Gasteiger partial charge in [-0.25, -0.2) is 4.98 Å². The summed E-state index contributed by atoms with van der Waals surface area (Å²) in [6, 6.07) is 3.42. The molecule has 0 spiro atoms. The lowest BCUT2D eigenvalue weighted by atomic mass is 10.3. The first-order valence-corrected chi connectivity index (χ1v) is 3.96. The number of aromatic nitrogens is 1. The maximum Gasteiger partial charge on any atom is 0.126 e. The van der Waals surface area contributed by atoms with Crippen molar-refractivity contribution in [2.45, 2.75) is 6.10 Å². The van der Waals surface area contributed by atoms with Crippen LogP contribution in [0.4, 0.5) is 11.5 Å². The number of aliphatic hydroxyl groups is 2. The van der Waals surface area contributed by atoms with Gasteiger partial charge in [0, 0.05) is 6.54 Å². The van der Waals surface area contributed by atoms with E-state index in [4.69, 9.17) is 15.9 Å². The number of pyridine rings is 1. The Morgan fingerprint density at radius 1 is 1.54 bits per heavy atom. The molecule has 1 aromatic heterocycles. The number of nitrogens with zero attached hydrogens (tertiary/aromatic N) is 1. The molecule has 0 saturated carbocycles. The topological polar surface area (TPSA) is 91.4 Å². The maximum atomic E-state index is 9.01. The molecule has 0 unspecified atom stereocenters. The number of anilines is 2. The molecule has 0 saturated heterocycles. The standard InChI is InChI=1S/C8H13N3O2/c9-6-1-2-8(10-3-6)11-4-7(13)5-12/h1-3,7,12-13H,4-5,9H2,(H,10,11)/t7-/m1/s1. The Balaban J connectivity index is 2.41. The fourth-order valence-electron chi connectivity index (χ4n) is 0.797. The lowest BCUT2D eigenvalue weighted by Gasteiger charge is -2.08. The number of nitrogens with two attached hydrogens (primary N) is 1. The number of aliphatic hydroxyl groups excluding tert-OH is 2. The molecule has 72 valence electrons. The predicted octanol–water partition coefficient (Wildman–Crippen LogP) is -0.571. The van der Waals surface area contributed by atoms with Gasteiger partial charge in [0.25, 0.3) is 0 Å². The van der Waals surface area contributed by atoms with Crippen molar-refractivity contribution < 1.29 is 10.2 Å². The van der Waals surface area contributed by atoms with Crippen molar-refractivity contribution >= 4 is 11.5 Å². The van der Waals surface area contributed by atoms with Crippen molar-refractivity contribution in [3.63, 3.8) is 0 Å². The van der Waals surface area contributed by atoms with Crippen LogP contribution < -0.4 is 11.1 Å². The monoisotopic (exact) mass is 183 g/mol. The van der Waals surface area contributed by atoms with Gasteiger partial charge >= 0.3 is 0 Å². The van der Waals surface area contributed by atoms with Crippen LogP contribution in [0.1, 0.15) is 0 Å². The average molecular weight is 183 g/mol. The summed E-state index contributed by atoms with van der Waals surface area (Å²) in [6.45, 7) is 0.00932. The molecule has 0 fully saturated rings. The molecule has 13 heavy (non-hydrogen) atoms. The molecule has 0 radical (unpaired) electrons. The number of hydrogen-bond donors (Lipinski definition) is 4. The Bertz CT molecular complexity index is 250. The molecule has 1 rings (SSSR count). The minimum atomic E-state index is -0.764. The highest BCUT2D eigenvalue weighted by atomic mass is 16.3. The first kappa shape index (κ1) is 9.76. The zero-order valence-corrected chi connectivity index (χ0v) is 7.14. The van der Waals surface area contributed by atoms with E-state index in [-0.39, 0.29) is 13.2 Å². The van der Waals surface area contributed by atoms with Gasteiger partial charge in [0.2, 0.25) is 0 Å². The minimum Gasteiger partial charge on any atom is -0.397 e. The molecular weight excluding hydrogens is 170 g/mol. The molecular formula is C8H13N3O2. The summed E-state index contributed by atoms with van der Waals surface area (Å²) in [4.78, 5) is 3.96. The number of nitrogen functional groups attached to an aromatic ring is 1. The van der Waals surface area contributed by atoms with Crippen LogP contribution >= 0.6 is 0 Å². The summed E-state index contributed by atoms with van der Waals surface area (Å²) in [5.74, 6) is 0.627. The Morgan fingerprint density at radius 3 is 2.85 bits per heavy atom. The van der Waals surface area contributed by atoms with Gasteiger partial charge in [-0.3, -0.25) is 0 Å². The second kappa shape index (κ2) is 4.64. The first-order valence-electron chi connectivity index (χ1n) is 3.96. The van der Waals surface area contributed by atoms with Gasteiger partial charge in [-0.15, -0.1) is 0 Å². The Morgan fingerprint density at radius 2 is 2.31 bits per heavy atom. The van der Waals surface area contributed by atoms with Crippen LogP contribution in [0.15, 0.2) is 18.3 Å². The Kier molecular flexibility index (Phi) is 3.48. The average Bonchev–Trinajstić information content (AvgIpc) is 2.16. The van der Waals surface area contributed by atoms with Crippen molar-refractivity contribution in [3.05, 3.63) is 18.3 Å². The lowest BCUT2D eigenvalue weighted by Crippen LogP contribution is -2.23. The molecule has 1 aromatic rings. The van der Waals surface area contributed by atoms with Crippen LogP contribution in [-0.4, -0.2) is 34.5 Å². The first-order chi connectivity index (χ1) is 6.22. The summed E-state index contributed by atoms with van der Waals surface area (Å²) in [5.41, 5.74) is 6.02. The van der Waals surface area contributed by atoms with E-state index in [1.54, 1.807) is 12.1 Å². The third-order valence-corrected chi connectivity index (χ3v) is 1.52. The van der Waals surface area contributed by atoms with E-state index in [2.05, 4.69) is 10.3 Å². The van der Waals surface area contributed by atoms with Crippen molar-refractivity contribution in [2.75, 3.05) is 24.2 Å². The molecule has 0 aliphatic heterocycles. The Labute approximate surface area is 76.2 Å². The highest BCUT2D eigenvalue weighted by Crippen LogP contribution is 2.05. The number of rotatable bonds is 4. The molecule has 5 heteroatoms. The molecule has 0 aliphatic rings. The molecule has 0 amide bonds. The zero-order valence-electron chi connectivity index (χ0n) is 7.14. The highest BCUT2D eigenvalue weighted by molar-refractivity contribution is 5.43. The lowest BCUT2D eigenvalue weighted by molar-refractivity contribution is 0.105. The fraction of sp³-hybridized carbons (Fsp3) is 0.375. The van der Waals surface area contributed by atoms with Gasteiger partial charge in [0.05, 0.1) is 24.6 Å². The van der Waals surface area contributed by atoms with E-state index in [0.717, 1.165) is 0 Å². The van der Waals surface area contributed by atoms with Gasteiger partial charge < -0.3 is 21.3 Å². The van der Waals surface area contributed by atoms with E-state index in [0.29, 0.717) is 11.5 Å². The normalized spacial score (nSPS) is 12.5. The summed E-state index contributed by atoms with van der Waals surface area (Å²) in [7, 11) is 0. The van der Waals surface area contributed by atoms with Gasteiger partial charge in [-0.2, -0.15) is 0 Å². The van der Waals surface area contributed by atoms with E-state index in [1.807, 2.05) is 0 Å². The minimum absolute atomic E-state index is 0.262. The third kappa shape index (κ3) is 3.27. The number of hydrogen-bond acceptors (Lipinski definition) is 5. The smallest absolute Gasteiger partial charge is 0.126 e. The fourth-order valence-corrected chi connectivity index (χ4v) is 0.797. The van der Waals surface area contributed by atoms with Crippen molar-refractivity contribution in [3.8, 4) is 0 Å². The summed E-state index contributed by atoms with van der Waals surface area (Å²) in [6.07, 6.45) is 0.757. The van der Waals surface area contributed by atoms with Gasteiger partial charge in [0.15, 0.2) is 0 Å². The van der Waals surface area contributed by atoms with E-state index >= 15 is 0 Å². The predicted molar refractivity (Wildman–Crippen MR) is 50.2 cm³/mol. The van der Waals surface area contributed by atoms with E-state index in [9.17, 15) is 0 Å². The van der Waals surface area contributed by atoms with Crippen LogP contribution in [0, 0.1) is 0 Å². The van der Waals surface area contributed by atoms with Gasteiger partial charge in [-0.1, -0.05) is 0 Å².